The Morgan fingerprint density at radius 3 is 2.55 bits per heavy atom. The second-order valence-corrected chi connectivity index (χ2v) is 5.73. The van der Waals surface area contributed by atoms with E-state index in [-0.39, 0.29) is 5.91 Å². The number of nitrogens with one attached hydrogen (secondary N) is 1. The van der Waals surface area contributed by atoms with Gasteiger partial charge in [0, 0.05) is 5.02 Å². The molecule has 5 heteroatoms. The van der Waals surface area contributed by atoms with Crippen molar-refractivity contribution in [2.75, 3.05) is 4.90 Å². The van der Waals surface area contributed by atoms with Gasteiger partial charge in [-0.15, -0.1) is 0 Å². The van der Waals surface area contributed by atoms with Crippen LogP contribution in [0.25, 0.3) is 6.08 Å². The van der Waals surface area contributed by atoms with Crippen LogP contribution < -0.4 is 10.2 Å². The molecule has 2 aromatic carbocycles. The number of hydrogen-bond acceptors (Lipinski definition) is 2. The lowest BCUT2D eigenvalue weighted by atomic mass is 10.1. The standard InChI is InChI=1S/C17H13ClN2OS/c1-11-6-2-5-9-15(11)20-16(21)14(19-17(20)22)10-12-7-3-4-8-13(12)18/h2-10H,1H3,(H,19,22)/b14-10-. The fourth-order valence-electron chi connectivity index (χ4n) is 2.32. The number of hydrogen-bond donors (Lipinski definition) is 1. The molecule has 0 spiro atoms. The summed E-state index contributed by atoms with van der Waals surface area (Å²) in [5.74, 6) is -0.181. The van der Waals surface area contributed by atoms with Gasteiger partial charge in [0.1, 0.15) is 5.70 Å². The van der Waals surface area contributed by atoms with Crippen LogP contribution in [0.3, 0.4) is 0 Å². The predicted molar refractivity (Wildman–Crippen MR) is 93.8 cm³/mol. The van der Waals surface area contributed by atoms with Gasteiger partial charge in [-0.3, -0.25) is 9.69 Å². The van der Waals surface area contributed by atoms with E-state index >= 15 is 0 Å². The summed E-state index contributed by atoms with van der Waals surface area (Å²) < 4.78 is 0. The van der Waals surface area contributed by atoms with Gasteiger partial charge in [-0.25, -0.2) is 0 Å². The molecule has 1 N–H and O–H groups in total. The van der Waals surface area contributed by atoms with Gasteiger partial charge in [0.25, 0.3) is 5.91 Å². The summed E-state index contributed by atoms with van der Waals surface area (Å²) in [6.07, 6.45) is 1.72. The van der Waals surface area contributed by atoms with Crippen molar-refractivity contribution in [3.8, 4) is 0 Å². The molecular formula is C17H13ClN2OS. The van der Waals surface area contributed by atoms with E-state index in [0.29, 0.717) is 15.8 Å². The lowest BCUT2D eigenvalue weighted by molar-refractivity contribution is -0.113. The largest absolute Gasteiger partial charge is 0.327 e. The van der Waals surface area contributed by atoms with Crippen LogP contribution in [0.1, 0.15) is 11.1 Å². The fourth-order valence-corrected chi connectivity index (χ4v) is 2.80. The topological polar surface area (TPSA) is 32.3 Å². The van der Waals surface area contributed by atoms with E-state index < -0.39 is 0 Å². The van der Waals surface area contributed by atoms with Gasteiger partial charge in [0.05, 0.1) is 5.69 Å². The Bertz CT molecular complexity index is 801. The first-order valence-corrected chi connectivity index (χ1v) is 7.54. The van der Waals surface area contributed by atoms with Crippen LogP contribution >= 0.6 is 23.8 Å². The van der Waals surface area contributed by atoms with Crippen LogP contribution in [0.4, 0.5) is 5.69 Å². The Morgan fingerprint density at radius 1 is 1.14 bits per heavy atom. The number of thiocarbonyl (C=S) groups is 1. The Hall–Kier alpha value is -2.17. The van der Waals surface area contributed by atoms with E-state index in [9.17, 15) is 4.79 Å². The van der Waals surface area contributed by atoms with Crippen molar-refractivity contribution in [1.29, 1.82) is 0 Å². The van der Waals surface area contributed by atoms with E-state index in [4.69, 9.17) is 23.8 Å². The molecule has 0 radical (unpaired) electrons. The molecule has 0 bridgehead atoms. The number of aryl methyl sites for hydroxylation is 1. The van der Waals surface area contributed by atoms with E-state index in [2.05, 4.69) is 5.32 Å². The molecule has 1 heterocycles. The average molecular weight is 329 g/mol. The zero-order chi connectivity index (χ0) is 15.7. The van der Waals surface area contributed by atoms with Crippen molar-refractivity contribution >= 4 is 46.6 Å². The molecule has 0 unspecified atom stereocenters. The van der Waals surface area contributed by atoms with Crippen LogP contribution in [0.2, 0.25) is 5.02 Å². The second kappa shape index (κ2) is 5.91. The molecule has 0 atom stereocenters. The number of rotatable bonds is 2. The highest BCUT2D eigenvalue weighted by Crippen LogP contribution is 2.26. The molecule has 1 saturated heterocycles. The highest BCUT2D eigenvalue weighted by Gasteiger charge is 2.32. The maximum Gasteiger partial charge on any atom is 0.281 e. The van der Waals surface area contributed by atoms with Gasteiger partial charge >= 0.3 is 0 Å². The summed E-state index contributed by atoms with van der Waals surface area (Å²) >= 11 is 11.4. The van der Waals surface area contributed by atoms with Crippen LogP contribution in [-0.4, -0.2) is 11.0 Å². The molecule has 1 aliphatic rings. The summed E-state index contributed by atoms with van der Waals surface area (Å²) in [7, 11) is 0. The maximum absolute atomic E-state index is 12.6. The third kappa shape index (κ3) is 2.63. The van der Waals surface area contributed by atoms with Gasteiger partial charge in [0.2, 0.25) is 0 Å². The molecule has 0 aliphatic carbocycles. The third-order valence-electron chi connectivity index (χ3n) is 3.44. The van der Waals surface area contributed by atoms with Crippen LogP contribution in [0, 0.1) is 6.92 Å². The number of halogens is 1. The van der Waals surface area contributed by atoms with Crippen LogP contribution in [0.5, 0.6) is 0 Å². The van der Waals surface area contributed by atoms with Gasteiger partial charge in [-0.1, -0.05) is 48.0 Å². The minimum Gasteiger partial charge on any atom is -0.327 e. The fraction of sp³-hybridized carbons (Fsp3) is 0.0588. The number of carbonyl (C=O) groups is 1. The minimum absolute atomic E-state index is 0.181. The van der Waals surface area contributed by atoms with Gasteiger partial charge in [0.15, 0.2) is 5.11 Å². The van der Waals surface area contributed by atoms with Gasteiger partial charge in [-0.05, 0) is 48.5 Å². The Labute approximate surface area is 139 Å². The Morgan fingerprint density at radius 2 is 1.82 bits per heavy atom. The summed E-state index contributed by atoms with van der Waals surface area (Å²) in [6, 6.07) is 15.0. The molecule has 3 nitrogen and oxygen atoms in total. The highest BCUT2D eigenvalue weighted by atomic mass is 35.5. The predicted octanol–water partition coefficient (Wildman–Crippen LogP) is 3.91. The Balaban J connectivity index is 1.99. The number of benzene rings is 2. The first kappa shape index (κ1) is 14.8. The van der Waals surface area contributed by atoms with E-state index in [1.54, 1.807) is 12.1 Å². The maximum atomic E-state index is 12.6. The summed E-state index contributed by atoms with van der Waals surface area (Å²) in [5.41, 5.74) is 2.96. The lowest BCUT2D eigenvalue weighted by Gasteiger charge is -2.16. The summed E-state index contributed by atoms with van der Waals surface area (Å²) in [5, 5.41) is 3.93. The molecule has 1 amide bonds. The van der Waals surface area contributed by atoms with Crippen molar-refractivity contribution in [2.45, 2.75) is 6.92 Å². The first-order valence-electron chi connectivity index (χ1n) is 6.75. The molecular weight excluding hydrogens is 316 g/mol. The lowest BCUT2D eigenvalue weighted by Crippen LogP contribution is -2.30. The van der Waals surface area contributed by atoms with E-state index in [1.807, 2.05) is 49.4 Å². The number of nitrogens with zero attached hydrogens (tertiary/aromatic N) is 1. The SMILES string of the molecule is Cc1ccccc1N1C(=O)/C(=C/c2ccccc2Cl)NC1=S. The normalized spacial score (nSPS) is 16.3. The van der Waals surface area contributed by atoms with Crippen molar-refractivity contribution in [3.63, 3.8) is 0 Å². The van der Waals surface area contributed by atoms with Crippen LogP contribution in [-0.2, 0) is 4.79 Å². The molecule has 2 aromatic rings. The second-order valence-electron chi connectivity index (χ2n) is 4.94. The minimum atomic E-state index is -0.181. The van der Waals surface area contributed by atoms with Crippen molar-refractivity contribution < 1.29 is 4.79 Å². The number of amides is 1. The van der Waals surface area contributed by atoms with E-state index in [0.717, 1.165) is 16.8 Å². The molecule has 3 rings (SSSR count). The van der Waals surface area contributed by atoms with Crippen molar-refractivity contribution in [1.82, 2.24) is 5.32 Å². The van der Waals surface area contributed by atoms with Gasteiger partial charge in [-0.2, -0.15) is 0 Å². The molecule has 0 aromatic heterocycles. The summed E-state index contributed by atoms with van der Waals surface area (Å²) in [4.78, 5) is 14.2. The molecule has 1 aliphatic heterocycles. The molecule has 0 saturated carbocycles. The number of anilines is 1. The van der Waals surface area contributed by atoms with Crippen molar-refractivity contribution in [2.24, 2.45) is 0 Å². The quantitative estimate of drug-likeness (QED) is 0.670. The molecule has 1 fully saturated rings. The monoisotopic (exact) mass is 328 g/mol. The Kier molecular flexibility index (Phi) is 3.96. The van der Waals surface area contributed by atoms with Gasteiger partial charge < -0.3 is 5.32 Å². The average Bonchev–Trinajstić information content (AvgIpc) is 2.77. The zero-order valence-electron chi connectivity index (χ0n) is 11.8. The van der Waals surface area contributed by atoms with Crippen LogP contribution in [0.15, 0.2) is 54.2 Å². The third-order valence-corrected chi connectivity index (χ3v) is 4.07. The number of para-hydroxylation sites is 1. The van der Waals surface area contributed by atoms with E-state index in [1.165, 1.54) is 4.90 Å². The summed E-state index contributed by atoms with van der Waals surface area (Å²) in [6.45, 7) is 1.95. The molecule has 110 valence electrons. The first-order chi connectivity index (χ1) is 10.6. The van der Waals surface area contributed by atoms with Crippen molar-refractivity contribution in [3.05, 3.63) is 70.4 Å². The zero-order valence-corrected chi connectivity index (χ0v) is 13.4. The highest BCUT2D eigenvalue weighted by molar-refractivity contribution is 7.80. The number of carbonyl (C=O) groups excluding carboxylic acids is 1. The molecule has 22 heavy (non-hydrogen) atoms. The smallest absolute Gasteiger partial charge is 0.281 e.